The lowest BCUT2D eigenvalue weighted by Crippen LogP contribution is -2.15. The maximum Gasteiger partial charge on any atom is 0.246 e. The molecule has 0 aliphatic carbocycles. The van der Waals surface area contributed by atoms with Gasteiger partial charge in [-0.2, -0.15) is 0 Å². The Morgan fingerprint density at radius 2 is 2.27 bits per heavy atom. The first-order valence-corrected chi connectivity index (χ1v) is 3.16. The molecule has 0 fully saturated rings. The Bertz CT molecular complexity index is 199. The van der Waals surface area contributed by atoms with Gasteiger partial charge in [-0.1, -0.05) is 6.08 Å². The average molecular weight is 158 g/mol. The number of nitrogens with two attached hydrogens (primary N) is 1. The van der Waals surface area contributed by atoms with Crippen molar-refractivity contribution >= 4 is 11.6 Å². The first-order chi connectivity index (χ1) is 5.07. The van der Waals surface area contributed by atoms with Crippen molar-refractivity contribution in [2.24, 2.45) is 5.73 Å². The zero-order valence-electron chi connectivity index (χ0n) is 6.36. The normalized spacial score (nSPS) is 11.3. The minimum absolute atomic E-state index is 0.0587. The molecular weight excluding hydrogens is 147 g/mol. The minimum Gasteiger partial charge on any atom is -0.366 e. The molecule has 0 radical (unpaired) electrons. The average Bonchev–Trinajstić information content (AvgIpc) is 1.87. The van der Waals surface area contributed by atoms with Crippen LogP contribution in [0.4, 0.5) is 4.39 Å². The van der Waals surface area contributed by atoms with Crippen molar-refractivity contribution in [2.75, 3.05) is 6.67 Å². The first-order valence-electron chi connectivity index (χ1n) is 3.16. The van der Waals surface area contributed by atoms with Gasteiger partial charge in [-0.3, -0.25) is 4.79 Å². The third-order valence-electron chi connectivity index (χ3n) is 1.12. The maximum atomic E-state index is 11.9. The van der Waals surface area contributed by atoms with Crippen LogP contribution < -0.4 is 5.73 Å². The van der Waals surface area contributed by atoms with Crippen LogP contribution in [0.25, 0.3) is 0 Å². The van der Waals surface area contributed by atoms with E-state index in [0.29, 0.717) is 5.71 Å². The van der Waals surface area contributed by atoms with Crippen LogP contribution in [0.3, 0.4) is 0 Å². The Balaban J connectivity index is 4.13. The van der Waals surface area contributed by atoms with Crippen LogP contribution >= 0.6 is 0 Å². The van der Waals surface area contributed by atoms with Gasteiger partial charge in [0.25, 0.3) is 0 Å². The van der Waals surface area contributed by atoms with Gasteiger partial charge < -0.3 is 11.1 Å². The summed E-state index contributed by atoms with van der Waals surface area (Å²) in [6.07, 6.45) is 1.62. The molecule has 0 spiro atoms. The van der Waals surface area contributed by atoms with Gasteiger partial charge in [0.05, 0.1) is 0 Å². The lowest BCUT2D eigenvalue weighted by atomic mass is 10.2. The highest BCUT2D eigenvalue weighted by atomic mass is 19.1. The van der Waals surface area contributed by atoms with Crippen molar-refractivity contribution in [2.45, 2.75) is 13.3 Å². The summed E-state index contributed by atoms with van der Waals surface area (Å²) in [6.45, 7) is 0.718. The van der Waals surface area contributed by atoms with Crippen LogP contribution in [0.5, 0.6) is 0 Å². The third-order valence-corrected chi connectivity index (χ3v) is 1.12. The summed E-state index contributed by atoms with van der Waals surface area (Å²) in [5, 5.41) is 6.98. The number of hydrogen-bond acceptors (Lipinski definition) is 2. The second kappa shape index (κ2) is 4.60. The van der Waals surface area contributed by atoms with E-state index in [1.807, 2.05) is 0 Å². The molecule has 0 aliphatic heterocycles. The highest BCUT2D eigenvalue weighted by molar-refractivity contribution is 5.93. The molecule has 0 rings (SSSR count). The molecular formula is C7H11FN2O. The van der Waals surface area contributed by atoms with Crippen LogP contribution in [-0.2, 0) is 4.79 Å². The SMILES string of the molecule is CC(=N)CC=C(CF)C(N)=O. The van der Waals surface area contributed by atoms with E-state index in [0.717, 1.165) is 0 Å². The van der Waals surface area contributed by atoms with Crippen LogP contribution in [-0.4, -0.2) is 18.3 Å². The number of alkyl halides is 1. The standard InChI is InChI=1S/C7H11FN2O/c1-5(9)2-3-6(4-8)7(10)11/h3,9H,2,4H2,1H3,(H2,10,11). The van der Waals surface area contributed by atoms with Crippen molar-refractivity contribution in [3.63, 3.8) is 0 Å². The summed E-state index contributed by atoms with van der Waals surface area (Å²) >= 11 is 0. The van der Waals surface area contributed by atoms with E-state index in [1.165, 1.54) is 6.08 Å². The zero-order chi connectivity index (χ0) is 8.85. The van der Waals surface area contributed by atoms with Crippen molar-refractivity contribution in [3.8, 4) is 0 Å². The number of amides is 1. The van der Waals surface area contributed by atoms with Crippen molar-refractivity contribution in [3.05, 3.63) is 11.6 Å². The van der Waals surface area contributed by atoms with E-state index in [9.17, 15) is 9.18 Å². The number of carbonyl (C=O) groups is 1. The van der Waals surface area contributed by atoms with Crippen LogP contribution in [0.2, 0.25) is 0 Å². The van der Waals surface area contributed by atoms with Crippen molar-refractivity contribution in [1.82, 2.24) is 0 Å². The molecule has 0 saturated carbocycles. The molecule has 11 heavy (non-hydrogen) atoms. The maximum absolute atomic E-state index is 11.9. The van der Waals surface area contributed by atoms with E-state index < -0.39 is 12.6 Å². The molecule has 1 amide bonds. The molecule has 0 saturated heterocycles. The Labute approximate surface area is 64.6 Å². The Morgan fingerprint density at radius 3 is 2.55 bits per heavy atom. The van der Waals surface area contributed by atoms with Crippen molar-refractivity contribution < 1.29 is 9.18 Å². The number of allylic oxidation sites excluding steroid dienone is 1. The third kappa shape index (κ3) is 4.25. The largest absolute Gasteiger partial charge is 0.366 e. The van der Waals surface area contributed by atoms with Gasteiger partial charge in [-0.15, -0.1) is 0 Å². The van der Waals surface area contributed by atoms with Gasteiger partial charge in [0, 0.05) is 17.7 Å². The lowest BCUT2D eigenvalue weighted by Gasteiger charge is -1.95. The number of nitrogens with one attached hydrogen (secondary N) is 1. The summed E-state index contributed by atoms with van der Waals surface area (Å²) in [5.74, 6) is -0.756. The summed E-state index contributed by atoms with van der Waals surface area (Å²) in [6, 6.07) is 0. The van der Waals surface area contributed by atoms with Crippen molar-refractivity contribution in [1.29, 1.82) is 5.41 Å². The highest BCUT2D eigenvalue weighted by Gasteiger charge is 2.02. The fourth-order valence-corrected chi connectivity index (χ4v) is 0.497. The molecule has 0 aromatic rings. The molecule has 0 aliphatic rings. The lowest BCUT2D eigenvalue weighted by molar-refractivity contribution is -0.114. The van der Waals surface area contributed by atoms with Crippen LogP contribution in [0.15, 0.2) is 11.6 Å². The number of halogens is 1. The quantitative estimate of drug-likeness (QED) is 0.461. The summed E-state index contributed by atoms with van der Waals surface area (Å²) in [5.41, 5.74) is 5.13. The zero-order valence-corrected chi connectivity index (χ0v) is 6.36. The van der Waals surface area contributed by atoms with E-state index in [1.54, 1.807) is 6.92 Å². The Kier molecular flexibility index (Phi) is 4.10. The molecule has 3 N–H and O–H groups in total. The topological polar surface area (TPSA) is 66.9 Å². The minimum atomic E-state index is -0.859. The molecule has 0 bridgehead atoms. The molecule has 0 aromatic heterocycles. The number of hydrogen-bond donors (Lipinski definition) is 2. The monoisotopic (exact) mass is 158 g/mol. The fraction of sp³-hybridized carbons (Fsp3) is 0.429. The van der Waals surface area contributed by atoms with Crippen LogP contribution in [0, 0.1) is 5.41 Å². The molecule has 0 aromatic carbocycles. The molecule has 4 heteroatoms. The Morgan fingerprint density at radius 1 is 1.73 bits per heavy atom. The van der Waals surface area contributed by atoms with Gasteiger partial charge in [0.1, 0.15) is 6.67 Å². The van der Waals surface area contributed by atoms with E-state index in [2.05, 4.69) is 0 Å². The van der Waals surface area contributed by atoms with Gasteiger partial charge in [0.15, 0.2) is 0 Å². The summed E-state index contributed by atoms with van der Waals surface area (Å²) in [7, 11) is 0. The molecule has 62 valence electrons. The van der Waals surface area contributed by atoms with E-state index in [4.69, 9.17) is 11.1 Å². The number of primary amides is 1. The number of rotatable bonds is 4. The van der Waals surface area contributed by atoms with Gasteiger partial charge >= 0.3 is 0 Å². The summed E-state index contributed by atoms with van der Waals surface area (Å²) < 4.78 is 11.9. The van der Waals surface area contributed by atoms with Crippen LogP contribution in [0.1, 0.15) is 13.3 Å². The van der Waals surface area contributed by atoms with Gasteiger partial charge in [-0.05, 0) is 6.92 Å². The molecule has 0 atom stereocenters. The smallest absolute Gasteiger partial charge is 0.246 e. The molecule has 0 unspecified atom stereocenters. The van der Waals surface area contributed by atoms with E-state index >= 15 is 0 Å². The second-order valence-electron chi connectivity index (χ2n) is 2.21. The van der Waals surface area contributed by atoms with E-state index in [-0.39, 0.29) is 12.0 Å². The number of carbonyl (C=O) groups excluding carboxylic acids is 1. The first kappa shape index (κ1) is 9.81. The second-order valence-corrected chi connectivity index (χ2v) is 2.21. The fourth-order valence-electron chi connectivity index (χ4n) is 0.497. The van der Waals surface area contributed by atoms with Gasteiger partial charge in [0.2, 0.25) is 5.91 Å². The Hall–Kier alpha value is -1.19. The predicted octanol–water partition coefficient (Wildman–Crippen LogP) is 0.797. The molecule has 0 heterocycles. The predicted molar refractivity (Wildman–Crippen MR) is 41.3 cm³/mol. The summed E-state index contributed by atoms with van der Waals surface area (Å²) in [4.78, 5) is 10.4. The van der Waals surface area contributed by atoms with Gasteiger partial charge in [-0.25, -0.2) is 4.39 Å². The molecule has 3 nitrogen and oxygen atoms in total. The highest BCUT2D eigenvalue weighted by Crippen LogP contribution is 1.97.